The summed E-state index contributed by atoms with van der Waals surface area (Å²) in [7, 11) is 1.53. The fourth-order valence-corrected chi connectivity index (χ4v) is 6.49. The number of nitrogens with one attached hydrogen (secondary N) is 1. The van der Waals surface area contributed by atoms with Crippen LogP contribution in [0.3, 0.4) is 0 Å². The molecule has 2 fully saturated rings. The molecule has 1 saturated heterocycles. The number of hydrogen-bond donors (Lipinski definition) is 2. The molecule has 32 heavy (non-hydrogen) atoms. The van der Waals surface area contributed by atoms with Crippen LogP contribution in [0.15, 0.2) is 23.8 Å². The monoisotopic (exact) mass is 468 g/mol. The molecule has 11 heteroatoms. The SMILES string of the molecule is COc1nccc(-c2n[nH]c3nc(N4C[C@@H]5[C@H](C4)[C@]5(CN)c4nc(C)cs4)cnc23)c1Cl. The molecule has 1 aliphatic carbocycles. The van der Waals surface area contributed by atoms with Crippen LogP contribution < -0.4 is 15.4 Å². The van der Waals surface area contributed by atoms with Crippen LogP contribution in [0, 0.1) is 18.8 Å². The average molecular weight is 469 g/mol. The second-order valence-electron chi connectivity index (χ2n) is 8.34. The molecule has 3 atom stereocenters. The Bertz CT molecular complexity index is 1320. The lowest BCUT2D eigenvalue weighted by molar-refractivity contribution is 0.398. The smallest absolute Gasteiger partial charge is 0.232 e. The van der Waals surface area contributed by atoms with Gasteiger partial charge < -0.3 is 15.4 Å². The number of hydrogen-bond acceptors (Lipinski definition) is 9. The van der Waals surface area contributed by atoms with Crippen LogP contribution in [0.2, 0.25) is 5.02 Å². The molecule has 3 N–H and O–H groups in total. The largest absolute Gasteiger partial charge is 0.480 e. The van der Waals surface area contributed by atoms with Crippen molar-refractivity contribution in [2.45, 2.75) is 12.3 Å². The molecule has 0 bridgehead atoms. The number of piperidine rings is 1. The van der Waals surface area contributed by atoms with Crippen molar-refractivity contribution in [1.82, 2.24) is 30.1 Å². The summed E-state index contributed by atoms with van der Waals surface area (Å²) in [6, 6.07) is 1.79. The van der Waals surface area contributed by atoms with E-state index in [0.717, 1.165) is 24.6 Å². The van der Waals surface area contributed by atoms with Gasteiger partial charge in [0, 0.05) is 47.9 Å². The Labute approximate surface area is 193 Å². The van der Waals surface area contributed by atoms with Crippen molar-refractivity contribution in [2.75, 3.05) is 31.6 Å². The standard InChI is InChI=1S/C21H21ClN8OS/c1-10-8-32-20(26-10)21(9-23)12-6-30(7-13(12)21)14-5-25-17-16(28-29-18(17)27-14)11-3-4-24-19(31-2)15(11)22/h3-5,8,12-13H,6-7,9,23H2,1-2H3,(H,27,28,29)/t12-,13+,21-. The summed E-state index contributed by atoms with van der Waals surface area (Å²) in [6.45, 7) is 4.46. The number of nitrogens with zero attached hydrogens (tertiary/aromatic N) is 6. The van der Waals surface area contributed by atoms with Gasteiger partial charge in [-0.1, -0.05) is 11.6 Å². The minimum absolute atomic E-state index is 0.0191. The van der Waals surface area contributed by atoms with Crippen LogP contribution in [0.1, 0.15) is 10.7 Å². The van der Waals surface area contributed by atoms with Crippen molar-refractivity contribution in [1.29, 1.82) is 0 Å². The lowest BCUT2D eigenvalue weighted by atomic mass is 10.0. The number of anilines is 1. The van der Waals surface area contributed by atoms with Gasteiger partial charge >= 0.3 is 0 Å². The summed E-state index contributed by atoms with van der Waals surface area (Å²) in [6.07, 6.45) is 3.43. The summed E-state index contributed by atoms with van der Waals surface area (Å²) in [4.78, 5) is 20.6. The topological polar surface area (TPSA) is 119 Å². The molecule has 0 aromatic carbocycles. The first-order chi connectivity index (χ1) is 15.6. The Morgan fingerprint density at radius 3 is 2.81 bits per heavy atom. The van der Waals surface area contributed by atoms with Gasteiger partial charge in [0.15, 0.2) is 5.65 Å². The minimum Gasteiger partial charge on any atom is -0.480 e. The zero-order valence-corrected chi connectivity index (χ0v) is 19.1. The van der Waals surface area contributed by atoms with Crippen LogP contribution >= 0.6 is 22.9 Å². The zero-order chi connectivity index (χ0) is 22.0. The van der Waals surface area contributed by atoms with E-state index in [-0.39, 0.29) is 5.41 Å². The van der Waals surface area contributed by atoms with Crippen LogP contribution in [0.25, 0.3) is 22.4 Å². The fraction of sp³-hybridized carbons (Fsp3) is 0.381. The third kappa shape index (κ3) is 2.69. The Hall–Kier alpha value is -2.82. The first-order valence-electron chi connectivity index (χ1n) is 10.3. The molecular weight excluding hydrogens is 448 g/mol. The van der Waals surface area contributed by atoms with Gasteiger partial charge in [0.2, 0.25) is 5.88 Å². The Kier molecular flexibility index (Phi) is 4.40. The first kappa shape index (κ1) is 19.8. The lowest BCUT2D eigenvalue weighted by Crippen LogP contribution is -2.35. The predicted molar refractivity (Wildman–Crippen MR) is 123 cm³/mol. The normalized spacial score (nSPS) is 24.2. The molecule has 4 aromatic rings. The number of pyridine rings is 1. The van der Waals surface area contributed by atoms with E-state index in [1.165, 1.54) is 12.1 Å². The predicted octanol–water partition coefficient (Wildman–Crippen LogP) is 2.80. The van der Waals surface area contributed by atoms with Gasteiger partial charge in [-0.05, 0) is 24.8 Å². The molecule has 0 amide bonds. The van der Waals surface area contributed by atoms with Gasteiger partial charge in [-0.2, -0.15) is 5.10 Å². The highest BCUT2D eigenvalue weighted by Gasteiger charge is 2.69. The van der Waals surface area contributed by atoms with Crippen molar-refractivity contribution in [3.8, 4) is 17.1 Å². The van der Waals surface area contributed by atoms with Crippen LogP contribution in [-0.4, -0.2) is 56.9 Å². The third-order valence-electron chi connectivity index (χ3n) is 6.78. The van der Waals surface area contributed by atoms with Crippen molar-refractivity contribution < 1.29 is 4.74 Å². The maximum Gasteiger partial charge on any atom is 0.232 e. The number of aryl methyl sites for hydroxylation is 1. The van der Waals surface area contributed by atoms with Gasteiger partial charge in [0.25, 0.3) is 0 Å². The summed E-state index contributed by atoms with van der Waals surface area (Å²) < 4.78 is 5.22. The second-order valence-corrected chi connectivity index (χ2v) is 9.57. The van der Waals surface area contributed by atoms with Crippen LogP contribution in [0.4, 0.5) is 5.82 Å². The highest BCUT2D eigenvalue weighted by Crippen LogP contribution is 2.63. The lowest BCUT2D eigenvalue weighted by Gasteiger charge is -2.25. The molecule has 5 heterocycles. The number of methoxy groups -OCH3 is 1. The maximum atomic E-state index is 6.44. The van der Waals surface area contributed by atoms with E-state index in [1.54, 1.807) is 29.8 Å². The summed E-state index contributed by atoms with van der Waals surface area (Å²) in [5, 5.41) is 11.1. The molecule has 1 aliphatic heterocycles. The number of thiazole rings is 1. The molecule has 9 nitrogen and oxygen atoms in total. The number of aromatic nitrogens is 6. The Balaban J connectivity index is 1.27. The van der Waals surface area contributed by atoms with Crippen molar-refractivity contribution in [3.63, 3.8) is 0 Å². The van der Waals surface area contributed by atoms with E-state index in [1.807, 2.05) is 6.92 Å². The number of H-pyrrole nitrogens is 1. The molecule has 1 saturated carbocycles. The first-order valence-corrected chi connectivity index (χ1v) is 11.6. The van der Waals surface area contributed by atoms with Gasteiger partial charge in [-0.3, -0.25) is 5.10 Å². The van der Waals surface area contributed by atoms with E-state index < -0.39 is 0 Å². The van der Waals surface area contributed by atoms with E-state index in [2.05, 4.69) is 30.4 Å². The van der Waals surface area contributed by atoms with Gasteiger partial charge in [0.1, 0.15) is 27.1 Å². The summed E-state index contributed by atoms with van der Waals surface area (Å²) >= 11 is 8.17. The Morgan fingerprint density at radius 2 is 2.12 bits per heavy atom. The molecule has 0 spiro atoms. The van der Waals surface area contributed by atoms with E-state index >= 15 is 0 Å². The number of ether oxygens (including phenoxy) is 1. The molecule has 4 aromatic heterocycles. The van der Waals surface area contributed by atoms with Crippen LogP contribution in [0.5, 0.6) is 5.88 Å². The fourth-order valence-electron chi connectivity index (χ4n) is 5.08. The minimum atomic E-state index is 0.0191. The van der Waals surface area contributed by atoms with Gasteiger partial charge in [-0.15, -0.1) is 11.3 Å². The summed E-state index contributed by atoms with van der Waals surface area (Å²) in [5.74, 6) is 2.17. The molecule has 164 valence electrons. The number of fused-ring (bicyclic) bond motifs is 2. The molecule has 6 rings (SSSR count). The number of aromatic amines is 1. The zero-order valence-electron chi connectivity index (χ0n) is 17.5. The molecule has 0 unspecified atom stereocenters. The number of halogens is 1. The highest BCUT2D eigenvalue weighted by atomic mass is 35.5. The van der Waals surface area contributed by atoms with Crippen LogP contribution in [-0.2, 0) is 5.41 Å². The quantitative estimate of drug-likeness (QED) is 0.459. The van der Waals surface area contributed by atoms with Crippen molar-refractivity contribution in [2.24, 2.45) is 17.6 Å². The second kappa shape index (κ2) is 7.09. The van der Waals surface area contributed by atoms with Crippen molar-refractivity contribution in [3.05, 3.63) is 39.6 Å². The third-order valence-corrected chi connectivity index (χ3v) is 8.30. The van der Waals surface area contributed by atoms with Gasteiger partial charge in [0.05, 0.1) is 13.3 Å². The molecule has 2 aliphatic rings. The van der Waals surface area contributed by atoms with E-state index in [4.69, 9.17) is 32.0 Å². The summed E-state index contributed by atoms with van der Waals surface area (Å²) in [5.41, 5.74) is 9.91. The number of rotatable bonds is 5. The van der Waals surface area contributed by atoms with Gasteiger partial charge in [-0.25, -0.2) is 19.9 Å². The van der Waals surface area contributed by atoms with E-state index in [0.29, 0.717) is 51.7 Å². The van der Waals surface area contributed by atoms with Crippen molar-refractivity contribution >= 4 is 39.9 Å². The molecule has 0 radical (unpaired) electrons. The number of nitrogens with two attached hydrogens (primary N) is 1. The average Bonchev–Trinajstić information content (AvgIpc) is 3.29. The maximum absolute atomic E-state index is 6.44. The van der Waals surface area contributed by atoms with E-state index in [9.17, 15) is 0 Å². The highest BCUT2D eigenvalue weighted by molar-refractivity contribution is 7.09. The Morgan fingerprint density at radius 1 is 1.31 bits per heavy atom. The molecular formula is C21H21ClN8OS.